The number of thioether (sulfide) groups is 1. The molecule has 2 aromatic rings. The lowest BCUT2D eigenvalue weighted by Gasteiger charge is -2.21. The van der Waals surface area contributed by atoms with Gasteiger partial charge in [0.1, 0.15) is 18.1 Å². The number of halogens is 2. The van der Waals surface area contributed by atoms with E-state index in [1.165, 1.54) is 23.9 Å². The zero-order chi connectivity index (χ0) is 33.7. The summed E-state index contributed by atoms with van der Waals surface area (Å²) in [5, 5.41) is 34.9. The molecule has 1 aromatic carbocycles. The van der Waals surface area contributed by atoms with Crippen molar-refractivity contribution in [2.75, 3.05) is 0 Å². The van der Waals surface area contributed by atoms with Crippen molar-refractivity contribution in [3.05, 3.63) is 47.3 Å². The van der Waals surface area contributed by atoms with Gasteiger partial charge in [0.25, 0.3) is 12.3 Å². The van der Waals surface area contributed by atoms with Crippen LogP contribution in [0.2, 0.25) is 0 Å². The summed E-state index contributed by atoms with van der Waals surface area (Å²) >= 11 is 1.21. The van der Waals surface area contributed by atoms with Gasteiger partial charge in [0.15, 0.2) is 16.3 Å². The average Bonchev–Trinajstić information content (AvgIpc) is 3.60. The van der Waals surface area contributed by atoms with Crippen molar-refractivity contribution in [2.45, 2.75) is 91.7 Å². The number of hydrogen-bond donors (Lipinski definition) is 7. The molecule has 5 rings (SSSR count). The second-order valence-corrected chi connectivity index (χ2v) is 9.99. The molecule has 2 aliphatic heterocycles. The van der Waals surface area contributed by atoms with Crippen LogP contribution in [0.4, 0.5) is 8.78 Å². The standard InChI is InChI=1S/C24H24F2N6O6S.3C2H6/c1-11-29-31-22(37-11)13-5-6-14(21(33)28-23-32-30-19(39-23)7-4-12-2-3-12)15(8-13)16-9-17(20(25)26)27-10-18(16)38-24(34,35)36;3*1-2/h5-6,8-12,19-20,22,29-31,34-36H,2-3H2,1H3,(H,28,32,33);3*1-2H3. The highest BCUT2D eigenvalue weighted by Crippen LogP contribution is 2.37. The third-order valence-corrected chi connectivity index (χ3v) is 6.60. The molecule has 0 bridgehead atoms. The zero-order valence-electron chi connectivity index (χ0n) is 26.3. The van der Waals surface area contributed by atoms with E-state index < -0.39 is 36.2 Å². The number of nitrogens with one attached hydrogen (secondary N) is 4. The number of amidine groups is 1. The van der Waals surface area contributed by atoms with E-state index in [-0.39, 0.29) is 33.5 Å². The summed E-state index contributed by atoms with van der Waals surface area (Å²) in [6, 6.07) is 5.47. The van der Waals surface area contributed by atoms with Crippen LogP contribution in [0, 0.1) is 17.8 Å². The molecule has 12 nitrogen and oxygen atoms in total. The normalized spacial score (nSPS) is 20.0. The predicted octanol–water partition coefficient (Wildman–Crippen LogP) is 4.28. The van der Waals surface area contributed by atoms with Gasteiger partial charge in [-0.25, -0.2) is 19.6 Å². The summed E-state index contributed by atoms with van der Waals surface area (Å²) in [4.78, 5) is 17.0. The van der Waals surface area contributed by atoms with E-state index in [9.17, 15) is 28.9 Å². The maximum absolute atomic E-state index is 13.6. The number of benzene rings is 1. The third kappa shape index (κ3) is 11.2. The molecule has 3 atom stereocenters. The first-order valence-corrected chi connectivity index (χ1v) is 15.7. The Bertz CT molecular complexity index is 1360. The van der Waals surface area contributed by atoms with Crippen LogP contribution < -0.4 is 26.3 Å². The Morgan fingerprint density at radius 1 is 1.09 bits per heavy atom. The van der Waals surface area contributed by atoms with Crippen LogP contribution in [-0.4, -0.2) is 49.1 Å². The molecule has 7 N–H and O–H groups in total. The topological polar surface area (TPSA) is 170 Å². The molecule has 248 valence electrons. The molecule has 3 heterocycles. The van der Waals surface area contributed by atoms with Crippen molar-refractivity contribution < 1.29 is 38.4 Å². The lowest BCUT2D eigenvalue weighted by Crippen LogP contribution is -2.35. The van der Waals surface area contributed by atoms with E-state index in [2.05, 4.69) is 43.5 Å². The smallest absolute Gasteiger partial charge is 0.415 e. The van der Waals surface area contributed by atoms with E-state index in [4.69, 9.17) is 9.47 Å². The fourth-order valence-corrected chi connectivity index (χ4v) is 4.49. The fourth-order valence-electron chi connectivity index (χ4n) is 3.78. The lowest BCUT2D eigenvalue weighted by molar-refractivity contribution is -0.419. The lowest BCUT2D eigenvalue weighted by atomic mass is 9.95. The van der Waals surface area contributed by atoms with E-state index >= 15 is 0 Å². The monoisotopic (exact) mass is 652 g/mol. The fraction of sp³-hybridized carbons (Fsp3) is 0.500. The van der Waals surface area contributed by atoms with Gasteiger partial charge in [0, 0.05) is 17.0 Å². The molecule has 15 heteroatoms. The largest absolute Gasteiger partial charge is 0.453 e. The van der Waals surface area contributed by atoms with Crippen molar-refractivity contribution >= 4 is 22.8 Å². The SMILES string of the molecule is CC.CC.CC.CC1NNC(c2ccc(C(=O)NC3=NNC(C#CC4CC4)S3)c(-c3cc(C(F)F)ncc3OC(O)(O)O)c2)O1. The summed E-state index contributed by atoms with van der Waals surface area (Å²) in [7, 11) is 0. The molecule has 1 aliphatic carbocycles. The number of hydrazone groups is 1. The molecule has 1 saturated carbocycles. The Morgan fingerprint density at radius 2 is 1.78 bits per heavy atom. The van der Waals surface area contributed by atoms with Gasteiger partial charge in [0.2, 0.25) is 0 Å². The molecule has 1 saturated heterocycles. The number of hydrogen-bond acceptors (Lipinski definition) is 12. The van der Waals surface area contributed by atoms with Crippen LogP contribution in [0.1, 0.15) is 95.6 Å². The molecule has 1 amide bonds. The number of ether oxygens (including phenoxy) is 2. The molecule has 0 spiro atoms. The van der Waals surface area contributed by atoms with E-state index in [0.29, 0.717) is 11.5 Å². The van der Waals surface area contributed by atoms with Crippen LogP contribution in [0.5, 0.6) is 5.75 Å². The number of hydrazine groups is 1. The number of carbonyl (C=O) groups excluding carboxylic acids is 1. The molecule has 3 aliphatic rings. The maximum atomic E-state index is 13.6. The first-order chi connectivity index (χ1) is 21.6. The Hall–Kier alpha value is -3.36. The number of nitrogens with zero attached hydrogens (tertiary/aromatic N) is 2. The predicted molar refractivity (Wildman–Crippen MR) is 168 cm³/mol. The van der Waals surface area contributed by atoms with Gasteiger partial charge in [-0.05, 0) is 60.9 Å². The van der Waals surface area contributed by atoms with Gasteiger partial charge >= 0.3 is 6.16 Å². The Kier molecular flexibility index (Phi) is 15.1. The highest BCUT2D eigenvalue weighted by Gasteiger charge is 2.29. The van der Waals surface area contributed by atoms with Gasteiger partial charge in [0.05, 0.1) is 6.20 Å². The molecular formula is C30H42F2N6O6S. The summed E-state index contributed by atoms with van der Waals surface area (Å²) in [6.45, 7) is 13.8. The van der Waals surface area contributed by atoms with Crippen LogP contribution in [0.3, 0.4) is 0 Å². The molecule has 45 heavy (non-hydrogen) atoms. The van der Waals surface area contributed by atoms with Gasteiger partial charge < -0.3 is 24.8 Å². The van der Waals surface area contributed by atoms with Gasteiger partial charge in [-0.2, -0.15) is 5.10 Å². The number of amides is 1. The van der Waals surface area contributed by atoms with Crippen molar-refractivity contribution in [1.29, 1.82) is 0 Å². The van der Waals surface area contributed by atoms with Crippen LogP contribution in [0.25, 0.3) is 11.1 Å². The number of aliphatic hydroxyl groups is 3. The first-order valence-electron chi connectivity index (χ1n) is 14.8. The zero-order valence-corrected chi connectivity index (χ0v) is 27.1. The van der Waals surface area contributed by atoms with Crippen molar-refractivity contribution in [3.63, 3.8) is 0 Å². The maximum Gasteiger partial charge on any atom is 0.453 e. The molecule has 0 radical (unpaired) electrons. The number of carbonyl (C=O) groups is 1. The summed E-state index contributed by atoms with van der Waals surface area (Å²) in [6.07, 6.45) is -4.70. The number of aromatic nitrogens is 1. The van der Waals surface area contributed by atoms with Crippen molar-refractivity contribution in [2.24, 2.45) is 11.0 Å². The number of pyridine rings is 1. The summed E-state index contributed by atoms with van der Waals surface area (Å²) in [5.74, 6) is 5.46. The molecular weight excluding hydrogens is 610 g/mol. The van der Waals surface area contributed by atoms with E-state index in [1.807, 2.05) is 41.5 Å². The van der Waals surface area contributed by atoms with Crippen LogP contribution in [0.15, 0.2) is 35.6 Å². The number of alkyl halides is 2. The highest BCUT2D eigenvalue weighted by molar-refractivity contribution is 8.14. The van der Waals surface area contributed by atoms with Gasteiger partial charge in [-0.15, -0.1) is 0 Å². The molecule has 1 aromatic heterocycles. The van der Waals surface area contributed by atoms with Crippen molar-refractivity contribution in [1.82, 2.24) is 26.6 Å². The Balaban J connectivity index is 0.00000111. The highest BCUT2D eigenvalue weighted by atomic mass is 32.2. The van der Waals surface area contributed by atoms with Crippen LogP contribution in [-0.2, 0) is 4.74 Å². The third-order valence-electron chi connectivity index (χ3n) is 5.73. The van der Waals surface area contributed by atoms with Gasteiger partial charge in [-0.3, -0.25) is 20.5 Å². The van der Waals surface area contributed by atoms with Crippen LogP contribution >= 0.6 is 11.8 Å². The second kappa shape index (κ2) is 18.0. The second-order valence-electron chi connectivity index (χ2n) is 8.90. The molecule has 3 unspecified atom stereocenters. The number of rotatable bonds is 6. The average molecular weight is 653 g/mol. The minimum atomic E-state index is -3.64. The minimum Gasteiger partial charge on any atom is -0.415 e. The van der Waals surface area contributed by atoms with E-state index in [0.717, 1.165) is 25.1 Å². The first kappa shape index (κ1) is 37.8. The quantitative estimate of drug-likeness (QED) is 0.176. The van der Waals surface area contributed by atoms with E-state index in [1.54, 1.807) is 13.0 Å². The van der Waals surface area contributed by atoms with Gasteiger partial charge in [-0.1, -0.05) is 59.4 Å². The minimum absolute atomic E-state index is 0.00394. The molecule has 2 fully saturated rings. The Labute approximate surface area is 266 Å². The Morgan fingerprint density at radius 3 is 2.36 bits per heavy atom. The summed E-state index contributed by atoms with van der Waals surface area (Å²) < 4.78 is 37.6. The van der Waals surface area contributed by atoms with Crippen molar-refractivity contribution in [3.8, 4) is 28.7 Å². The summed E-state index contributed by atoms with van der Waals surface area (Å²) in [5.41, 5.74) is 8.37.